The average molecular weight is 449 g/mol. The molecule has 0 saturated carbocycles. The molecule has 0 radical (unpaired) electrons. The number of amides is 1. The van der Waals surface area contributed by atoms with Crippen LogP contribution in [0.5, 0.6) is 0 Å². The molecule has 3 nitrogen and oxygen atoms in total. The Labute approximate surface area is 202 Å². The maximum Gasteiger partial charge on any atom is 0.251 e. The predicted molar refractivity (Wildman–Crippen MR) is 139 cm³/mol. The molecule has 0 spiro atoms. The van der Waals surface area contributed by atoms with Crippen LogP contribution in [0.2, 0.25) is 0 Å². The molecule has 4 aromatic rings. The second kappa shape index (κ2) is 10.1. The summed E-state index contributed by atoms with van der Waals surface area (Å²) in [6.07, 6.45) is 5.34. The summed E-state index contributed by atoms with van der Waals surface area (Å²) < 4.78 is 2.40. The van der Waals surface area contributed by atoms with Crippen LogP contribution in [0.25, 0.3) is 16.9 Å². The van der Waals surface area contributed by atoms with Crippen molar-refractivity contribution >= 4 is 5.91 Å². The van der Waals surface area contributed by atoms with Crippen molar-refractivity contribution in [1.29, 1.82) is 0 Å². The first-order valence-electron chi connectivity index (χ1n) is 12.4. The van der Waals surface area contributed by atoms with Crippen LogP contribution < -0.4 is 5.32 Å². The minimum atomic E-state index is -0.00810. The number of carbonyl (C=O) groups is 1. The van der Waals surface area contributed by atoms with Crippen LogP contribution in [-0.2, 0) is 19.3 Å². The van der Waals surface area contributed by atoms with Gasteiger partial charge in [-0.15, -0.1) is 0 Å². The monoisotopic (exact) mass is 448 g/mol. The van der Waals surface area contributed by atoms with E-state index in [4.69, 9.17) is 0 Å². The molecule has 1 N–H and O–H groups in total. The van der Waals surface area contributed by atoms with Gasteiger partial charge in [-0.1, -0.05) is 67.6 Å². The summed E-state index contributed by atoms with van der Waals surface area (Å²) in [4.78, 5) is 12.7. The van der Waals surface area contributed by atoms with Crippen molar-refractivity contribution in [2.75, 3.05) is 6.54 Å². The number of aromatic nitrogens is 1. The molecule has 172 valence electrons. The summed E-state index contributed by atoms with van der Waals surface area (Å²) in [5.74, 6) is 0.714. The summed E-state index contributed by atoms with van der Waals surface area (Å²) in [7, 11) is 0. The molecule has 1 heterocycles. The van der Waals surface area contributed by atoms with Crippen LogP contribution >= 0.6 is 0 Å². The van der Waals surface area contributed by atoms with Crippen molar-refractivity contribution in [3.63, 3.8) is 0 Å². The fourth-order valence-corrected chi connectivity index (χ4v) is 5.03. The molecule has 5 rings (SSSR count). The molecule has 0 aliphatic heterocycles. The average Bonchev–Trinajstić information content (AvgIpc) is 3.26. The number of nitrogens with one attached hydrogen (secondary N) is 1. The number of nitrogens with zero attached hydrogens (tertiary/aromatic N) is 1. The third-order valence-corrected chi connectivity index (χ3v) is 6.86. The Morgan fingerprint density at radius 2 is 1.65 bits per heavy atom. The van der Waals surface area contributed by atoms with Gasteiger partial charge >= 0.3 is 0 Å². The van der Waals surface area contributed by atoms with Gasteiger partial charge in [-0.2, -0.15) is 0 Å². The lowest BCUT2D eigenvalue weighted by Gasteiger charge is -2.21. The molecule has 1 aliphatic carbocycles. The van der Waals surface area contributed by atoms with E-state index in [2.05, 4.69) is 89.6 Å². The molecule has 0 fully saturated rings. The molecular formula is C31H32N2O. The van der Waals surface area contributed by atoms with Crippen LogP contribution in [0.15, 0.2) is 91.0 Å². The minimum Gasteiger partial charge on any atom is -0.352 e. The van der Waals surface area contributed by atoms with E-state index >= 15 is 0 Å². The zero-order valence-electron chi connectivity index (χ0n) is 19.8. The molecule has 0 unspecified atom stereocenters. The van der Waals surface area contributed by atoms with Gasteiger partial charge in [-0.05, 0) is 85.0 Å². The number of carbonyl (C=O) groups excluding carboxylic acids is 1. The molecular weight excluding hydrogens is 416 g/mol. The normalized spacial score (nSPS) is 15.0. The highest BCUT2D eigenvalue weighted by Crippen LogP contribution is 2.35. The third kappa shape index (κ3) is 4.84. The quantitative estimate of drug-likeness (QED) is 0.316. The van der Waals surface area contributed by atoms with Crippen LogP contribution in [0, 0.1) is 5.92 Å². The molecule has 0 saturated heterocycles. The first-order valence-corrected chi connectivity index (χ1v) is 12.4. The second-order valence-electron chi connectivity index (χ2n) is 9.44. The Hall–Kier alpha value is -3.59. The lowest BCUT2D eigenvalue weighted by atomic mass is 9.89. The maximum absolute atomic E-state index is 12.7. The van der Waals surface area contributed by atoms with Crippen molar-refractivity contribution in [2.24, 2.45) is 5.92 Å². The fourth-order valence-electron chi connectivity index (χ4n) is 5.03. The smallest absolute Gasteiger partial charge is 0.251 e. The standard InChI is InChI=1S/C31H32N2O/c1-23-14-19-29-27(21-23)22-30(25-12-6-3-7-13-25)33(29)28-17-15-26(16-18-28)31(34)32-20-8-11-24-9-4-2-5-10-24/h2-7,9-10,12-13,15-18,22-23H,8,11,14,19-21H2,1H3,(H,32,34)/t23-/m1/s1. The molecule has 1 aromatic heterocycles. The molecule has 3 heteroatoms. The van der Waals surface area contributed by atoms with Crippen LogP contribution in [0.4, 0.5) is 0 Å². The number of hydrogen-bond acceptors (Lipinski definition) is 1. The van der Waals surface area contributed by atoms with E-state index in [0.29, 0.717) is 12.1 Å². The van der Waals surface area contributed by atoms with Gasteiger partial charge in [-0.25, -0.2) is 0 Å². The summed E-state index contributed by atoms with van der Waals surface area (Å²) in [5, 5.41) is 3.07. The predicted octanol–water partition coefficient (Wildman–Crippen LogP) is 6.63. The Bertz CT molecular complexity index is 1240. The third-order valence-electron chi connectivity index (χ3n) is 6.86. The number of fused-ring (bicyclic) bond motifs is 1. The van der Waals surface area contributed by atoms with E-state index in [9.17, 15) is 4.79 Å². The van der Waals surface area contributed by atoms with Gasteiger partial charge in [0.1, 0.15) is 0 Å². The van der Waals surface area contributed by atoms with Crippen molar-refractivity contribution < 1.29 is 4.79 Å². The van der Waals surface area contributed by atoms with Crippen LogP contribution in [-0.4, -0.2) is 17.0 Å². The minimum absolute atomic E-state index is 0.00810. The van der Waals surface area contributed by atoms with E-state index in [1.165, 1.54) is 34.5 Å². The van der Waals surface area contributed by atoms with Gasteiger partial charge in [0.2, 0.25) is 0 Å². The first-order chi connectivity index (χ1) is 16.7. The van der Waals surface area contributed by atoms with Crippen molar-refractivity contribution in [3.05, 3.63) is 113 Å². The van der Waals surface area contributed by atoms with Gasteiger partial charge in [0, 0.05) is 23.5 Å². The Balaban J connectivity index is 1.32. The van der Waals surface area contributed by atoms with Gasteiger partial charge in [-0.3, -0.25) is 4.79 Å². The first kappa shape index (κ1) is 22.2. The molecule has 1 aliphatic rings. The zero-order chi connectivity index (χ0) is 23.3. The number of hydrogen-bond donors (Lipinski definition) is 1. The van der Waals surface area contributed by atoms with E-state index in [-0.39, 0.29) is 5.91 Å². The molecule has 1 amide bonds. The second-order valence-corrected chi connectivity index (χ2v) is 9.44. The largest absolute Gasteiger partial charge is 0.352 e. The van der Waals surface area contributed by atoms with Crippen molar-refractivity contribution in [3.8, 4) is 16.9 Å². The Kier molecular flexibility index (Phi) is 6.62. The molecule has 3 aromatic carbocycles. The van der Waals surface area contributed by atoms with Crippen LogP contribution in [0.3, 0.4) is 0 Å². The van der Waals surface area contributed by atoms with E-state index in [0.717, 1.165) is 37.3 Å². The van der Waals surface area contributed by atoms with Crippen molar-refractivity contribution in [2.45, 2.75) is 39.0 Å². The van der Waals surface area contributed by atoms with E-state index in [1.54, 1.807) is 0 Å². The van der Waals surface area contributed by atoms with E-state index < -0.39 is 0 Å². The van der Waals surface area contributed by atoms with Gasteiger partial charge in [0.25, 0.3) is 5.91 Å². The highest BCUT2D eigenvalue weighted by atomic mass is 16.1. The Morgan fingerprint density at radius 1 is 0.941 bits per heavy atom. The summed E-state index contributed by atoms with van der Waals surface area (Å²) in [6.45, 7) is 3.02. The molecule has 1 atom stereocenters. The lowest BCUT2D eigenvalue weighted by Crippen LogP contribution is -2.24. The number of benzene rings is 3. The highest BCUT2D eigenvalue weighted by molar-refractivity contribution is 5.94. The summed E-state index contributed by atoms with van der Waals surface area (Å²) >= 11 is 0. The van der Waals surface area contributed by atoms with Crippen LogP contribution in [0.1, 0.15) is 46.9 Å². The fraction of sp³-hybridized carbons (Fsp3) is 0.258. The number of rotatable bonds is 7. The zero-order valence-corrected chi connectivity index (χ0v) is 19.8. The van der Waals surface area contributed by atoms with E-state index in [1.807, 2.05) is 18.2 Å². The maximum atomic E-state index is 12.7. The van der Waals surface area contributed by atoms with Gasteiger partial charge in [0.05, 0.1) is 5.69 Å². The summed E-state index contributed by atoms with van der Waals surface area (Å²) in [6, 6.07) is 31.5. The lowest BCUT2D eigenvalue weighted by molar-refractivity contribution is 0.0953. The molecule has 34 heavy (non-hydrogen) atoms. The van der Waals surface area contributed by atoms with Crippen molar-refractivity contribution in [1.82, 2.24) is 9.88 Å². The topological polar surface area (TPSA) is 34.0 Å². The highest BCUT2D eigenvalue weighted by Gasteiger charge is 2.23. The number of aryl methyl sites for hydroxylation is 1. The van der Waals surface area contributed by atoms with Gasteiger partial charge < -0.3 is 9.88 Å². The van der Waals surface area contributed by atoms with Gasteiger partial charge in [0.15, 0.2) is 0 Å². The SMILES string of the molecule is C[C@@H]1CCc2c(cc(-c3ccccc3)n2-c2ccc(C(=O)NCCCc3ccccc3)cc2)C1. The molecule has 0 bridgehead atoms. The summed E-state index contributed by atoms with van der Waals surface area (Å²) in [5.41, 5.74) is 8.46. The Morgan fingerprint density at radius 3 is 2.38 bits per heavy atom.